The summed E-state index contributed by atoms with van der Waals surface area (Å²) >= 11 is 0. The van der Waals surface area contributed by atoms with Crippen LogP contribution in [0.25, 0.3) is 0 Å². The molecule has 4 aromatic rings. The van der Waals surface area contributed by atoms with Crippen LogP contribution in [0, 0.1) is 0 Å². The summed E-state index contributed by atoms with van der Waals surface area (Å²) in [5, 5.41) is 0. The summed E-state index contributed by atoms with van der Waals surface area (Å²) in [6.07, 6.45) is -3.32. The van der Waals surface area contributed by atoms with Gasteiger partial charge in [-0.1, -0.05) is 36.4 Å². The fourth-order valence-corrected chi connectivity index (χ4v) is 5.83. The second-order valence-electron chi connectivity index (χ2n) is 7.88. The van der Waals surface area contributed by atoms with Crippen molar-refractivity contribution in [2.45, 2.75) is 29.1 Å². The zero-order valence-corrected chi connectivity index (χ0v) is 20.6. The van der Waals surface area contributed by atoms with E-state index in [4.69, 9.17) is 8.60 Å². The van der Waals surface area contributed by atoms with E-state index in [-0.39, 0.29) is 23.7 Å². The van der Waals surface area contributed by atoms with Gasteiger partial charge in [-0.05, 0) is 60.2 Å². The lowest BCUT2D eigenvalue weighted by Gasteiger charge is -2.22. The molecule has 1 heterocycles. The molecular weight excluding hydrogens is 531 g/mol. The van der Waals surface area contributed by atoms with Crippen molar-refractivity contribution >= 4 is 20.1 Å². The van der Waals surface area contributed by atoms with Crippen LogP contribution in [0.15, 0.2) is 111 Å². The molecule has 0 spiro atoms. The number of nitrogens with zero attached hydrogens (tertiary/aromatic N) is 1. The van der Waals surface area contributed by atoms with E-state index in [1.165, 1.54) is 36.6 Å². The van der Waals surface area contributed by atoms with Gasteiger partial charge >= 0.3 is 16.3 Å². The van der Waals surface area contributed by atoms with Crippen molar-refractivity contribution in [3.63, 3.8) is 0 Å². The maximum absolute atomic E-state index is 13.3. The monoisotopic (exact) mass is 551 g/mol. The van der Waals surface area contributed by atoms with Gasteiger partial charge in [0.05, 0.1) is 23.3 Å². The molecule has 37 heavy (non-hydrogen) atoms. The smallest absolute Gasteiger partial charge is 0.416 e. The van der Waals surface area contributed by atoms with Gasteiger partial charge in [0, 0.05) is 6.54 Å². The zero-order valence-electron chi connectivity index (χ0n) is 19.0. The average Bonchev–Trinajstić information content (AvgIpc) is 3.37. The Morgan fingerprint density at radius 3 is 2.14 bits per heavy atom. The highest BCUT2D eigenvalue weighted by atomic mass is 32.2. The fourth-order valence-electron chi connectivity index (χ4n) is 3.45. The molecule has 0 radical (unpaired) electrons. The Balaban J connectivity index is 1.61. The first-order valence-corrected chi connectivity index (χ1v) is 13.6. The lowest BCUT2D eigenvalue weighted by molar-refractivity contribution is -0.137. The molecule has 7 nitrogen and oxygen atoms in total. The van der Waals surface area contributed by atoms with Crippen LogP contribution < -0.4 is 4.18 Å². The standard InChI is InChI=1S/C25H20F3NO6S2/c26-25(27,28)20-8-5-13-24(16-20)37(32,33)35-21-9-4-7-19(15-21)17-29(18-22-10-6-14-34-22)36(30,31)23-11-2-1-3-12-23/h1-16H,17-18H2. The number of hydrogen-bond donors (Lipinski definition) is 0. The quantitative estimate of drug-likeness (QED) is 0.257. The number of alkyl halides is 3. The van der Waals surface area contributed by atoms with Crippen molar-refractivity contribution in [2.75, 3.05) is 0 Å². The van der Waals surface area contributed by atoms with Crippen LogP contribution in [0.1, 0.15) is 16.9 Å². The molecule has 0 saturated carbocycles. The Morgan fingerprint density at radius 1 is 0.757 bits per heavy atom. The topological polar surface area (TPSA) is 93.9 Å². The van der Waals surface area contributed by atoms with Gasteiger partial charge in [0.15, 0.2) is 0 Å². The predicted molar refractivity (Wildman–Crippen MR) is 127 cm³/mol. The van der Waals surface area contributed by atoms with E-state index in [9.17, 15) is 30.0 Å². The molecule has 0 unspecified atom stereocenters. The highest BCUT2D eigenvalue weighted by Crippen LogP contribution is 2.31. The van der Waals surface area contributed by atoms with Crippen LogP contribution in [0.2, 0.25) is 0 Å². The first-order valence-electron chi connectivity index (χ1n) is 10.7. The van der Waals surface area contributed by atoms with E-state index in [0.717, 1.165) is 22.5 Å². The van der Waals surface area contributed by atoms with E-state index < -0.39 is 36.8 Å². The normalized spacial score (nSPS) is 12.5. The molecule has 12 heteroatoms. The number of rotatable bonds is 9. The third-order valence-electron chi connectivity index (χ3n) is 5.21. The van der Waals surface area contributed by atoms with Crippen LogP contribution in [-0.2, 0) is 39.4 Å². The van der Waals surface area contributed by atoms with E-state index in [1.807, 2.05) is 0 Å². The molecular formula is C25H20F3NO6S2. The third-order valence-corrected chi connectivity index (χ3v) is 8.26. The first kappa shape index (κ1) is 26.5. The molecule has 0 aliphatic carbocycles. The summed E-state index contributed by atoms with van der Waals surface area (Å²) in [6, 6.07) is 19.8. The maximum Gasteiger partial charge on any atom is 0.416 e. The fraction of sp³-hybridized carbons (Fsp3) is 0.120. The molecule has 3 aromatic carbocycles. The average molecular weight is 552 g/mol. The lowest BCUT2D eigenvalue weighted by atomic mass is 10.2. The number of benzene rings is 3. The second-order valence-corrected chi connectivity index (χ2v) is 11.4. The van der Waals surface area contributed by atoms with E-state index in [0.29, 0.717) is 17.4 Å². The van der Waals surface area contributed by atoms with Crippen molar-refractivity contribution in [1.82, 2.24) is 4.31 Å². The zero-order chi connectivity index (χ0) is 26.7. The van der Waals surface area contributed by atoms with E-state index in [1.54, 1.807) is 36.4 Å². The lowest BCUT2D eigenvalue weighted by Crippen LogP contribution is -2.30. The molecule has 4 rings (SSSR count). The molecule has 1 aromatic heterocycles. The van der Waals surface area contributed by atoms with Crippen LogP contribution in [-0.4, -0.2) is 21.1 Å². The Labute approximate surface area is 211 Å². The Kier molecular flexibility index (Phi) is 7.44. The molecule has 0 bridgehead atoms. The number of sulfonamides is 1. The molecule has 0 atom stereocenters. The molecule has 0 saturated heterocycles. The van der Waals surface area contributed by atoms with Crippen LogP contribution in [0.5, 0.6) is 5.75 Å². The third kappa shape index (κ3) is 6.40. The van der Waals surface area contributed by atoms with Gasteiger partial charge in [0.25, 0.3) is 0 Å². The van der Waals surface area contributed by atoms with E-state index >= 15 is 0 Å². The minimum atomic E-state index is -4.73. The van der Waals surface area contributed by atoms with Crippen molar-refractivity contribution in [3.8, 4) is 5.75 Å². The number of hydrogen-bond acceptors (Lipinski definition) is 6. The summed E-state index contributed by atoms with van der Waals surface area (Å²) in [5.41, 5.74) is -0.756. The maximum atomic E-state index is 13.3. The first-order chi connectivity index (χ1) is 17.4. The summed E-state index contributed by atoms with van der Waals surface area (Å²) in [4.78, 5) is -0.611. The van der Waals surface area contributed by atoms with Crippen LogP contribution in [0.4, 0.5) is 13.2 Å². The van der Waals surface area contributed by atoms with Gasteiger partial charge in [0.1, 0.15) is 16.4 Å². The highest BCUT2D eigenvalue weighted by Gasteiger charge is 2.32. The highest BCUT2D eigenvalue weighted by molar-refractivity contribution is 7.89. The molecule has 0 fully saturated rings. The molecule has 0 N–H and O–H groups in total. The Bertz CT molecular complexity index is 1570. The van der Waals surface area contributed by atoms with E-state index in [2.05, 4.69) is 0 Å². The van der Waals surface area contributed by atoms with Gasteiger partial charge in [-0.3, -0.25) is 0 Å². The van der Waals surface area contributed by atoms with Gasteiger partial charge in [-0.15, -0.1) is 0 Å². The van der Waals surface area contributed by atoms with Crippen LogP contribution >= 0.6 is 0 Å². The second kappa shape index (κ2) is 10.4. The Morgan fingerprint density at radius 2 is 1.46 bits per heavy atom. The molecule has 0 aliphatic rings. The van der Waals surface area contributed by atoms with Crippen molar-refractivity contribution < 1.29 is 38.6 Å². The molecule has 0 aliphatic heterocycles. The largest absolute Gasteiger partial charge is 0.468 e. The summed E-state index contributed by atoms with van der Waals surface area (Å²) in [7, 11) is -8.58. The summed E-state index contributed by atoms with van der Waals surface area (Å²) in [5.74, 6) is 0.198. The van der Waals surface area contributed by atoms with Gasteiger partial charge in [0.2, 0.25) is 10.0 Å². The molecule has 194 valence electrons. The minimum Gasteiger partial charge on any atom is -0.468 e. The predicted octanol–water partition coefficient (Wildman–Crippen LogP) is 5.46. The van der Waals surface area contributed by atoms with Crippen molar-refractivity contribution in [3.05, 3.63) is 114 Å². The van der Waals surface area contributed by atoms with Gasteiger partial charge in [-0.25, -0.2) is 8.42 Å². The number of halogens is 3. The van der Waals surface area contributed by atoms with Crippen molar-refractivity contribution in [2.24, 2.45) is 0 Å². The SMILES string of the molecule is O=S(=O)(Oc1cccc(CN(Cc2ccco2)S(=O)(=O)c2ccccc2)c1)c1cccc(C(F)(F)F)c1. The Hall–Kier alpha value is -3.61. The number of furan rings is 1. The van der Waals surface area contributed by atoms with Crippen molar-refractivity contribution in [1.29, 1.82) is 0 Å². The summed E-state index contributed by atoms with van der Waals surface area (Å²) < 4.78 is 103. The summed E-state index contributed by atoms with van der Waals surface area (Å²) in [6.45, 7) is -0.267. The van der Waals surface area contributed by atoms with Gasteiger partial charge < -0.3 is 8.60 Å². The van der Waals surface area contributed by atoms with Crippen LogP contribution in [0.3, 0.4) is 0 Å². The molecule has 0 amide bonds. The minimum absolute atomic E-state index is 0.0566. The van der Waals surface area contributed by atoms with Gasteiger partial charge in [-0.2, -0.15) is 25.9 Å².